The zero-order valence-electron chi connectivity index (χ0n) is 9.42. The van der Waals surface area contributed by atoms with Gasteiger partial charge < -0.3 is 5.73 Å². The average molecular weight is 208 g/mol. The molecule has 0 saturated carbocycles. The van der Waals surface area contributed by atoms with Crippen LogP contribution in [0.2, 0.25) is 0 Å². The summed E-state index contributed by atoms with van der Waals surface area (Å²) in [6, 6.07) is 0. The number of nitrogens with one attached hydrogen (secondary N) is 1. The molecule has 1 aliphatic carbocycles. The maximum Gasteiger partial charge on any atom is 0.0797 e. The molecule has 2 rings (SSSR count). The molecule has 0 amide bonds. The average Bonchev–Trinajstić information content (AvgIpc) is 2.81. The lowest BCUT2D eigenvalue weighted by molar-refractivity contribution is 0.284. The first kappa shape index (κ1) is 10.6. The molecular formula is C11H20N4. The molecule has 1 aromatic heterocycles. The number of hydrogen-bond donors (Lipinski definition) is 2. The normalized spacial score (nSPS) is 14.9. The first-order valence-corrected chi connectivity index (χ1v) is 5.82. The molecule has 0 bridgehead atoms. The molecule has 1 aromatic rings. The van der Waals surface area contributed by atoms with Crippen LogP contribution >= 0.6 is 0 Å². The van der Waals surface area contributed by atoms with Crippen molar-refractivity contribution in [3.05, 3.63) is 17.0 Å². The van der Waals surface area contributed by atoms with Gasteiger partial charge in [0, 0.05) is 25.3 Å². The number of nitrogens with zero attached hydrogens (tertiary/aromatic N) is 2. The predicted octanol–water partition coefficient (Wildman–Crippen LogP) is 0.679. The number of hydrogen-bond acceptors (Lipinski definition) is 3. The third kappa shape index (κ3) is 2.21. The van der Waals surface area contributed by atoms with E-state index in [2.05, 4.69) is 22.0 Å². The number of aromatic nitrogens is 2. The van der Waals surface area contributed by atoms with Gasteiger partial charge in [-0.25, -0.2) is 0 Å². The lowest BCUT2D eigenvalue weighted by Gasteiger charge is -2.18. The summed E-state index contributed by atoms with van der Waals surface area (Å²) in [6.07, 6.45) is 3.65. The van der Waals surface area contributed by atoms with Gasteiger partial charge in [0.1, 0.15) is 0 Å². The van der Waals surface area contributed by atoms with E-state index in [1.54, 1.807) is 0 Å². The molecule has 0 saturated heterocycles. The first-order chi connectivity index (χ1) is 7.35. The summed E-state index contributed by atoms with van der Waals surface area (Å²) in [5, 5.41) is 7.55. The number of nitrogens with two attached hydrogens (primary N) is 1. The fraction of sp³-hybridized carbons (Fsp3) is 0.727. The quantitative estimate of drug-likeness (QED) is 0.748. The third-order valence-electron chi connectivity index (χ3n) is 3.16. The minimum atomic E-state index is 0.723. The Labute approximate surface area is 90.8 Å². The van der Waals surface area contributed by atoms with E-state index in [0.717, 1.165) is 26.2 Å². The maximum atomic E-state index is 5.58. The standard InChI is InChI=1S/C11H20N4/c1-2-15(7-6-12)8-11-9-4-3-5-10(9)13-14-11/h2-8,12H2,1H3,(H,13,14). The topological polar surface area (TPSA) is 57.9 Å². The van der Waals surface area contributed by atoms with Crippen molar-refractivity contribution in [2.75, 3.05) is 19.6 Å². The second-order valence-corrected chi connectivity index (χ2v) is 4.14. The number of likely N-dealkylation sites (N-methyl/N-ethyl adjacent to an activating group) is 1. The molecule has 0 aliphatic heterocycles. The van der Waals surface area contributed by atoms with Gasteiger partial charge in [-0.3, -0.25) is 10.00 Å². The second kappa shape index (κ2) is 4.77. The van der Waals surface area contributed by atoms with Crippen LogP contribution in [-0.4, -0.2) is 34.7 Å². The van der Waals surface area contributed by atoms with Gasteiger partial charge in [-0.15, -0.1) is 0 Å². The fourth-order valence-corrected chi connectivity index (χ4v) is 2.26. The highest BCUT2D eigenvalue weighted by atomic mass is 15.2. The molecule has 0 fully saturated rings. The van der Waals surface area contributed by atoms with E-state index in [-0.39, 0.29) is 0 Å². The molecule has 84 valence electrons. The Morgan fingerprint density at radius 1 is 1.47 bits per heavy atom. The summed E-state index contributed by atoms with van der Waals surface area (Å²) in [7, 11) is 0. The Balaban J connectivity index is 2.03. The molecular weight excluding hydrogens is 188 g/mol. The van der Waals surface area contributed by atoms with Crippen LogP contribution < -0.4 is 5.73 Å². The summed E-state index contributed by atoms with van der Waals surface area (Å²) >= 11 is 0. The van der Waals surface area contributed by atoms with Crippen LogP contribution in [0.4, 0.5) is 0 Å². The van der Waals surface area contributed by atoms with Crippen LogP contribution in [0, 0.1) is 0 Å². The van der Waals surface area contributed by atoms with Gasteiger partial charge in [0.25, 0.3) is 0 Å². The van der Waals surface area contributed by atoms with Crippen molar-refractivity contribution >= 4 is 0 Å². The molecule has 0 spiro atoms. The minimum absolute atomic E-state index is 0.723. The van der Waals surface area contributed by atoms with E-state index in [4.69, 9.17) is 5.73 Å². The summed E-state index contributed by atoms with van der Waals surface area (Å²) in [4.78, 5) is 2.34. The Morgan fingerprint density at radius 3 is 3.07 bits per heavy atom. The predicted molar refractivity (Wildman–Crippen MR) is 60.6 cm³/mol. The number of H-pyrrole nitrogens is 1. The van der Waals surface area contributed by atoms with Crippen LogP contribution in [0.5, 0.6) is 0 Å². The molecule has 1 heterocycles. The van der Waals surface area contributed by atoms with E-state index in [1.807, 2.05) is 0 Å². The van der Waals surface area contributed by atoms with Crippen LogP contribution in [0.15, 0.2) is 0 Å². The van der Waals surface area contributed by atoms with Crippen molar-refractivity contribution in [3.8, 4) is 0 Å². The van der Waals surface area contributed by atoms with Gasteiger partial charge >= 0.3 is 0 Å². The molecule has 0 aromatic carbocycles. The second-order valence-electron chi connectivity index (χ2n) is 4.14. The van der Waals surface area contributed by atoms with E-state index < -0.39 is 0 Å². The van der Waals surface area contributed by atoms with E-state index in [0.29, 0.717) is 0 Å². The molecule has 0 unspecified atom stereocenters. The zero-order valence-corrected chi connectivity index (χ0v) is 9.42. The third-order valence-corrected chi connectivity index (χ3v) is 3.16. The Hall–Kier alpha value is -0.870. The van der Waals surface area contributed by atoms with Crippen molar-refractivity contribution < 1.29 is 0 Å². The highest BCUT2D eigenvalue weighted by Crippen LogP contribution is 2.23. The van der Waals surface area contributed by atoms with Crippen LogP contribution in [0.3, 0.4) is 0 Å². The molecule has 15 heavy (non-hydrogen) atoms. The van der Waals surface area contributed by atoms with Crippen LogP contribution in [0.1, 0.15) is 30.3 Å². The summed E-state index contributed by atoms with van der Waals surface area (Å²) in [6.45, 7) is 5.83. The minimum Gasteiger partial charge on any atom is -0.329 e. The molecule has 4 heteroatoms. The Morgan fingerprint density at radius 2 is 2.33 bits per heavy atom. The first-order valence-electron chi connectivity index (χ1n) is 5.82. The van der Waals surface area contributed by atoms with E-state index >= 15 is 0 Å². The zero-order chi connectivity index (χ0) is 10.7. The molecule has 1 aliphatic rings. The molecule has 0 atom stereocenters. The van der Waals surface area contributed by atoms with Crippen molar-refractivity contribution in [3.63, 3.8) is 0 Å². The monoisotopic (exact) mass is 208 g/mol. The lowest BCUT2D eigenvalue weighted by atomic mass is 10.2. The molecule has 4 nitrogen and oxygen atoms in total. The summed E-state index contributed by atoms with van der Waals surface area (Å²) < 4.78 is 0. The fourth-order valence-electron chi connectivity index (χ4n) is 2.26. The summed E-state index contributed by atoms with van der Waals surface area (Å²) in [5.41, 5.74) is 9.63. The smallest absolute Gasteiger partial charge is 0.0797 e. The van der Waals surface area contributed by atoms with E-state index in [9.17, 15) is 0 Å². The van der Waals surface area contributed by atoms with Crippen molar-refractivity contribution in [2.45, 2.75) is 32.7 Å². The van der Waals surface area contributed by atoms with Gasteiger partial charge in [0.15, 0.2) is 0 Å². The van der Waals surface area contributed by atoms with Crippen molar-refractivity contribution in [1.82, 2.24) is 15.1 Å². The summed E-state index contributed by atoms with van der Waals surface area (Å²) in [5.74, 6) is 0. The van der Waals surface area contributed by atoms with Gasteiger partial charge in [-0.1, -0.05) is 6.92 Å². The largest absolute Gasteiger partial charge is 0.329 e. The highest BCUT2D eigenvalue weighted by Gasteiger charge is 2.19. The number of aryl methyl sites for hydroxylation is 1. The molecule has 0 radical (unpaired) electrons. The van der Waals surface area contributed by atoms with Gasteiger partial charge in [-0.2, -0.15) is 5.10 Å². The van der Waals surface area contributed by atoms with Gasteiger partial charge in [-0.05, 0) is 31.4 Å². The highest BCUT2D eigenvalue weighted by molar-refractivity contribution is 5.29. The molecule has 3 N–H and O–H groups in total. The lowest BCUT2D eigenvalue weighted by Crippen LogP contribution is -2.29. The number of aromatic amines is 1. The maximum absolute atomic E-state index is 5.58. The van der Waals surface area contributed by atoms with Crippen molar-refractivity contribution in [2.24, 2.45) is 5.73 Å². The van der Waals surface area contributed by atoms with Gasteiger partial charge in [0.2, 0.25) is 0 Å². The number of rotatable bonds is 5. The van der Waals surface area contributed by atoms with Crippen LogP contribution in [-0.2, 0) is 19.4 Å². The van der Waals surface area contributed by atoms with Crippen LogP contribution in [0.25, 0.3) is 0 Å². The van der Waals surface area contributed by atoms with Gasteiger partial charge in [0.05, 0.1) is 5.69 Å². The Kier molecular flexibility index (Phi) is 3.38. The van der Waals surface area contributed by atoms with E-state index in [1.165, 1.54) is 36.2 Å². The van der Waals surface area contributed by atoms with Crippen molar-refractivity contribution in [1.29, 1.82) is 0 Å². The SMILES string of the molecule is CCN(CCN)Cc1n[nH]c2c1CCC2. The Bertz CT molecular complexity index is 318. The number of fused-ring (bicyclic) bond motifs is 1.